The van der Waals surface area contributed by atoms with Crippen molar-refractivity contribution in [1.82, 2.24) is 0 Å². The Bertz CT molecular complexity index is 1530. The van der Waals surface area contributed by atoms with Gasteiger partial charge in [0.15, 0.2) is 0 Å². The standard InChI is InChI=1S/C36H24N2/c1-5-13-29(14-6-1)21-27-35(37-33-17-9-3-10-18-33)31-23-25-32(26-24-31)36(38-34-19-11-4-12-20-34)28-22-30-15-7-2-8-16-30/h1-20,23-26H. The molecular formula is C36H24N2. The largest absolute Gasteiger partial charge is 0.239 e. The maximum Gasteiger partial charge on any atom is 0.121 e. The van der Waals surface area contributed by atoms with Gasteiger partial charge in [0.2, 0.25) is 0 Å². The molecule has 2 nitrogen and oxygen atoms in total. The Labute approximate surface area is 224 Å². The fourth-order valence-electron chi connectivity index (χ4n) is 3.68. The fraction of sp³-hybridized carbons (Fsp3) is 0. The van der Waals surface area contributed by atoms with Crippen molar-refractivity contribution in [2.45, 2.75) is 0 Å². The fourth-order valence-corrected chi connectivity index (χ4v) is 3.68. The molecule has 0 unspecified atom stereocenters. The van der Waals surface area contributed by atoms with E-state index in [1.807, 2.05) is 146 Å². The molecular weight excluding hydrogens is 460 g/mol. The Morgan fingerprint density at radius 1 is 0.368 bits per heavy atom. The first-order valence-electron chi connectivity index (χ1n) is 12.4. The number of benzene rings is 5. The lowest BCUT2D eigenvalue weighted by atomic mass is 10.0. The van der Waals surface area contributed by atoms with Gasteiger partial charge in [-0.1, -0.05) is 109 Å². The minimum absolute atomic E-state index is 0.698. The van der Waals surface area contributed by atoms with Crippen LogP contribution in [0.25, 0.3) is 0 Å². The van der Waals surface area contributed by atoms with E-state index >= 15 is 0 Å². The Morgan fingerprint density at radius 2 is 0.684 bits per heavy atom. The number of hydrogen-bond donors (Lipinski definition) is 0. The molecule has 0 aliphatic carbocycles. The van der Waals surface area contributed by atoms with E-state index in [1.165, 1.54) is 0 Å². The third-order valence-electron chi connectivity index (χ3n) is 5.62. The Morgan fingerprint density at radius 3 is 1.03 bits per heavy atom. The number of nitrogens with zero attached hydrogens (tertiary/aromatic N) is 2. The maximum atomic E-state index is 4.85. The number of hydrogen-bond acceptors (Lipinski definition) is 2. The molecule has 0 radical (unpaired) electrons. The third kappa shape index (κ3) is 6.82. The van der Waals surface area contributed by atoms with Crippen molar-refractivity contribution in [3.05, 3.63) is 168 Å². The zero-order valence-electron chi connectivity index (χ0n) is 20.8. The molecule has 0 saturated carbocycles. The van der Waals surface area contributed by atoms with Crippen LogP contribution in [-0.4, -0.2) is 11.4 Å². The number of aliphatic imine (C=N–C) groups is 2. The van der Waals surface area contributed by atoms with Crippen LogP contribution < -0.4 is 0 Å². The van der Waals surface area contributed by atoms with Crippen molar-refractivity contribution >= 4 is 22.8 Å². The molecule has 0 aromatic heterocycles. The molecule has 0 heterocycles. The molecule has 0 spiro atoms. The van der Waals surface area contributed by atoms with Gasteiger partial charge >= 0.3 is 0 Å². The molecule has 0 fully saturated rings. The average Bonchev–Trinajstić information content (AvgIpc) is 2.99. The van der Waals surface area contributed by atoms with E-state index in [4.69, 9.17) is 9.98 Å². The van der Waals surface area contributed by atoms with E-state index in [9.17, 15) is 0 Å². The van der Waals surface area contributed by atoms with Gasteiger partial charge in [-0.05, 0) is 60.4 Å². The van der Waals surface area contributed by atoms with Crippen LogP contribution in [0.1, 0.15) is 22.3 Å². The second-order valence-corrected chi connectivity index (χ2v) is 8.40. The topological polar surface area (TPSA) is 24.7 Å². The molecule has 0 saturated heterocycles. The minimum atomic E-state index is 0.698. The Balaban J connectivity index is 1.52. The van der Waals surface area contributed by atoms with E-state index < -0.39 is 0 Å². The van der Waals surface area contributed by atoms with Gasteiger partial charge in [0, 0.05) is 22.3 Å². The number of rotatable bonds is 4. The molecule has 5 aromatic rings. The monoisotopic (exact) mass is 484 g/mol. The molecule has 5 aromatic carbocycles. The zero-order chi connectivity index (χ0) is 25.8. The Hall–Kier alpha value is -5.44. The minimum Gasteiger partial charge on any atom is -0.239 e. The van der Waals surface area contributed by atoms with Crippen molar-refractivity contribution < 1.29 is 0 Å². The summed E-state index contributed by atoms with van der Waals surface area (Å²) in [7, 11) is 0. The highest BCUT2D eigenvalue weighted by atomic mass is 14.7. The molecule has 0 amide bonds. The van der Waals surface area contributed by atoms with Crippen LogP contribution in [0.2, 0.25) is 0 Å². The summed E-state index contributed by atoms with van der Waals surface area (Å²) in [6, 6.07) is 47.7. The highest BCUT2D eigenvalue weighted by Gasteiger charge is 2.06. The van der Waals surface area contributed by atoms with E-state index in [0.717, 1.165) is 33.6 Å². The molecule has 0 aliphatic heterocycles. The molecule has 0 bridgehead atoms. The van der Waals surface area contributed by atoms with Gasteiger partial charge < -0.3 is 0 Å². The van der Waals surface area contributed by atoms with Crippen LogP contribution in [0, 0.1) is 23.7 Å². The van der Waals surface area contributed by atoms with Crippen LogP contribution in [-0.2, 0) is 0 Å². The summed E-state index contributed by atoms with van der Waals surface area (Å²) in [6.07, 6.45) is 0. The molecule has 38 heavy (non-hydrogen) atoms. The average molecular weight is 485 g/mol. The molecule has 0 atom stereocenters. The van der Waals surface area contributed by atoms with Crippen molar-refractivity contribution in [2.24, 2.45) is 9.98 Å². The Kier molecular flexibility index (Phi) is 7.98. The van der Waals surface area contributed by atoms with Gasteiger partial charge in [-0.3, -0.25) is 0 Å². The highest BCUT2D eigenvalue weighted by Crippen LogP contribution is 2.17. The van der Waals surface area contributed by atoms with Crippen LogP contribution in [0.15, 0.2) is 156 Å². The van der Waals surface area contributed by atoms with Crippen LogP contribution in [0.4, 0.5) is 11.4 Å². The first-order valence-corrected chi connectivity index (χ1v) is 12.4. The van der Waals surface area contributed by atoms with Crippen molar-refractivity contribution in [1.29, 1.82) is 0 Å². The van der Waals surface area contributed by atoms with Gasteiger partial charge in [0.25, 0.3) is 0 Å². The molecule has 2 heteroatoms. The van der Waals surface area contributed by atoms with Gasteiger partial charge in [0.05, 0.1) is 11.4 Å². The second-order valence-electron chi connectivity index (χ2n) is 8.40. The predicted molar refractivity (Wildman–Crippen MR) is 158 cm³/mol. The van der Waals surface area contributed by atoms with Gasteiger partial charge in [0.1, 0.15) is 11.4 Å². The third-order valence-corrected chi connectivity index (χ3v) is 5.62. The zero-order valence-corrected chi connectivity index (χ0v) is 20.8. The van der Waals surface area contributed by atoms with Crippen molar-refractivity contribution in [2.75, 3.05) is 0 Å². The lowest BCUT2D eigenvalue weighted by Gasteiger charge is -2.05. The van der Waals surface area contributed by atoms with Crippen LogP contribution in [0.5, 0.6) is 0 Å². The van der Waals surface area contributed by atoms with Gasteiger partial charge in [-0.25, -0.2) is 9.98 Å². The number of para-hydroxylation sites is 2. The molecule has 5 rings (SSSR count). The smallest absolute Gasteiger partial charge is 0.121 e. The van der Waals surface area contributed by atoms with Gasteiger partial charge in [-0.15, -0.1) is 0 Å². The molecule has 0 N–H and O–H groups in total. The van der Waals surface area contributed by atoms with E-state index in [0.29, 0.717) is 11.4 Å². The summed E-state index contributed by atoms with van der Waals surface area (Å²) in [5.41, 5.74) is 6.85. The van der Waals surface area contributed by atoms with E-state index in [2.05, 4.69) is 23.7 Å². The van der Waals surface area contributed by atoms with Crippen molar-refractivity contribution in [3.8, 4) is 23.7 Å². The second kappa shape index (κ2) is 12.5. The summed E-state index contributed by atoms with van der Waals surface area (Å²) in [6.45, 7) is 0. The first-order chi connectivity index (χ1) is 18.8. The first kappa shape index (κ1) is 24.3. The lowest BCUT2D eigenvalue weighted by molar-refractivity contribution is 1.49. The van der Waals surface area contributed by atoms with E-state index in [-0.39, 0.29) is 0 Å². The summed E-state index contributed by atoms with van der Waals surface area (Å²) in [4.78, 5) is 9.69. The maximum absolute atomic E-state index is 4.85. The molecule has 0 aliphatic rings. The summed E-state index contributed by atoms with van der Waals surface area (Å²) >= 11 is 0. The normalized spacial score (nSPS) is 11.1. The summed E-state index contributed by atoms with van der Waals surface area (Å²) < 4.78 is 0. The lowest BCUT2D eigenvalue weighted by Crippen LogP contribution is -2.01. The summed E-state index contributed by atoms with van der Waals surface area (Å²) in [5.74, 6) is 13.0. The highest BCUT2D eigenvalue weighted by molar-refractivity contribution is 6.17. The SMILES string of the molecule is C(#Cc1ccccc1)C(=Nc1ccccc1)c1ccc(C(C#Cc2ccccc2)=Nc2ccccc2)cc1. The van der Waals surface area contributed by atoms with Crippen molar-refractivity contribution in [3.63, 3.8) is 0 Å². The van der Waals surface area contributed by atoms with Crippen LogP contribution >= 0.6 is 0 Å². The predicted octanol–water partition coefficient (Wildman–Crippen LogP) is 8.03. The quantitative estimate of drug-likeness (QED) is 0.182. The molecule has 178 valence electrons. The summed E-state index contributed by atoms with van der Waals surface area (Å²) in [5, 5.41) is 0. The van der Waals surface area contributed by atoms with E-state index in [1.54, 1.807) is 0 Å². The van der Waals surface area contributed by atoms with Gasteiger partial charge in [-0.2, -0.15) is 0 Å². The van der Waals surface area contributed by atoms with Crippen LogP contribution in [0.3, 0.4) is 0 Å².